The smallest absolute Gasteiger partial charge is 0.191 e. The van der Waals surface area contributed by atoms with Gasteiger partial charge >= 0.3 is 0 Å². The van der Waals surface area contributed by atoms with Crippen LogP contribution in [0.4, 0.5) is 0 Å². The average molecular weight is 343 g/mol. The Bertz CT molecular complexity index is 537. The summed E-state index contributed by atoms with van der Waals surface area (Å²) in [7, 11) is -1.72. The molecule has 0 amide bonds. The van der Waals surface area contributed by atoms with Gasteiger partial charge in [-0.1, -0.05) is 38.4 Å². The number of benzene rings is 1. The molecule has 3 nitrogen and oxygen atoms in total. The highest BCUT2D eigenvalue weighted by Gasteiger charge is 2.37. The molecule has 0 spiro atoms. The van der Waals surface area contributed by atoms with E-state index in [1.807, 2.05) is 6.07 Å². The fraction of sp³-hybridized carbons (Fsp3) is 0.647. The van der Waals surface area contributed by atoms with Crippen molar-refractivity contribution in [2.24, 2.45) is 0 Å². The van der Waals surface area contributed by atoms with Crippen molar-refractivity contribution in [1.82, 2.24) is 0 Å². The molecule has 1 N–H and O–H groups in total. The summed E-state index contributed by atoms with van der Waals surface area (Å²) in [4.78, 5) is 0. The zero-order valence-electron chi connectivity index (χ0n) is 14.2. The second kappa shape index (κ2) is 6.52. The van der Waals surface area contributed by atoms with Crippen LogP contribution in [-0.2, 0) is 15.6 Å². The molecule has 1 heterocycles. The van der Waals surface area contributed by atoms with Crippen molar-refractivity contribution in [1.29, 1.82) is 0 Å². The summed E-state index contributed by atoms with van der Waals surface area (Å²) in [5.41, 5.74) is 2.11. The first kappa shape index (κ1) is 17.8. The highest BCUT2D eigenvalue weighted by molar-refractivity contribution is 6.74. The summed E-state index contributed by atoms with van der Waals surface area (Å²) in [5, 5.41) is 10.4. The van der Waals surface area contributed by atoms with E-state index in [4.69, 9.17) is 20.8 Å². The number of fused-ring (bicyclic) bond motifs is 1. The molecule has 1 aromatic carbocycles. The molecular weight excluding hydrogens is 316 g/mol. The molecule has 1 aliphatic rings. The van der Waals surface area contributed by atoms with Crippen LogP contribution < -0.4 is 0 Å². The number of hydrogen-bond donors (Lipinski definition) is 1. The molecule has 22 heavy (non-hydrogen) atoms. The van der Waals surface area contributed by atoms with Gasteiger partial charge in [0.2, 0.25) is 0 Å². The monoisotopic (exact) mass is 342 g/mol. The molecule has 0 fully saturated rings. The summed E-state index contributed by atoms with van der Waals surface area (Å²) in [6.45, 7) is 12.6. The molecule has 0 saturated heterocycles. The maximum absolute atomic E-state index is 9.74. The summed E-state index contributed by atoms with van der Waals surface area (Å²) in [6.07, 6.45) is 1.58. The van der Waals surface area contributed by atoms with E-state index in [0.29, 0.717) is 18.2 Å². The fourth-order valence-corrected chi connectivity index (χ4v) is 3.78. The molecule has 0 radical (unpaired) electrons. The third-order valence-corrected chi connectivity index (χ3v) is 9.89. The molecule has 0 aliphatic carbocycles. The van der Waals surface area contributed by atoms with Gasteiger partial charge in [0.25, 0.3) is 0 Å². The van der Waals surface area contributed by atoms with Gasteiger partial charge in [0.05, 0.1) is 17.7 Å². The Morgan fingerprint density at radius 2 is 2.05 bits per heavy atom. The van der Waals surface area contributed by atoms with Gasteiger partial charge in [0.15, 0.2) is 8.32 Å². The van der Waals surface area contributed by atoms with Crippen LogP contribution in [0.25, 0.3) is 0 Å². The lowest BCUT2D eigenvalue weighted by atomic mass is 9.95. The summed E-state index contributed by atoms with van der Waals surface area (Å²) >= 11 is 6.21. The Kier molecular flexibility index (Phi) is 5.27. The van der Waals surface area contributed by atoms with Gasteiger partial charge in [-0.25, -0.2) is 0 Å². The second-order valence-electron chi connectivity index (χ2n) is 7.47. The van der Waals surface area contributed by atoms with Gasteiger partial charge in [-0.3, -0.25) is 0 Å². The number of phenolic OH excluding ortho intramolecular Hbond substituents is 1. The van der Waals surface area contributed by atoms with Crippen LogP contribution in [0.3, 0.4) is 0 Å². The number of phenols is 1. The van der Waals surface area contributed by atoms with Crippen molar-refractivity contribution < 1.29 is 14.3 Å². The molecule has 1 atom stereocenters. The average Bonchev–Trinajstić information content (AvgIpc) is 2.42. The van der Waals surface area contributed by atoms with Gasteiger partial charge < -0.3 is 14.3 Å². The molecule has 0 bridgehead atoms. The molecule has 1 aliphatic heterocycles. The van der Waals surface area contributed by atoms with E-state index < -0.39 is 8.32 Å². The topological polar surface area (TPSA) is 38.7 Å². The zero-order chi connectivity index (χ0) is 16.5. The second-order valence-corrected chi connectivity index (χ2v) is 12.7. The first-order valence-corrected chi connectivity index (χ1v) is 11.2. The Balaban J connectivity index is 2.04. The molecule has 124 valence electrons. The van der Waals surface area contributed by atoms with Gasteiger partial charge in [-0.2, -0.15) is 0 Å². The van der Waals surface area contributed by atoms with E-state index in [1.165, 1.54) is 0 Å². The van der Waals surface area contributed by atoms with E-state index in [0.717, 1.165) is 24.0 Å². The lowest BCUT2D eigenvalue weighted by Gasteiger charge is -2.37. The van der Waals surface area contributed by atoms with Crippen molar-refractivity contribution in [3.8, 4) is 5.75 Å². The third-order valence-electron chi connectivity index (χ3n) is 4.93. The van der Waals surface area contributed by atoms with Crippen molar-refractivity contribution in [2.45, 2.75) is 57.8 Å². The highest BCUT2D eigenvalue weighted by Crippen LogP contribution is 2.39. The van der Waals surface area contributed by atoms with Gasteiger partial charge in [0, 0.05) is 6.61 Å². The number of aromatic hydroxyl groups is 1. The largest absolute Gasteiger partial charge is 0.506 e. The van der Waals surface area contributed by atoms with E-state index in [2.05, 4.69) is 33.9 Å². The minimum atomic E-state index is -1.72. The minimum absolute atomic E-state index is 0.00613. The lowest BCUT2D eigenvalue weighted by molar-refractivity contribution is 0.0264. The van der Waals surface area contributed by atoms with Crippen molar-refractivity contribution in [3.63, 3.8) is 0 Å². The Hall–Kier alpha value is -0.553. The van der Waals surface area contributed by atoms with Crippen LogP contribution in [0.15, 0.2) is 12.1 Å². The van der Waals surface area contributed by atoms with E-state index >= 15 is 0 Å². The summed E-state index contributed by atoms with van der Waals surface area (Å²) < 4.78 is 12.1. The summed E-state index contributed by atoms with van der Waals surface area (Å²) in [5.74, 6) is 0.151. The van der Waals surface area contributed by atoms with Crippen molar-refractivity contribution in [2.75, 3.05) is 13.2 Å². The quantitative estimate of drug-likeness (QED) is 0.776. The predicted octanol–water partition coefficient (Wildman–Crippen LogP) is 5.07. The van der Waals surface area contributed by atoms with Crippen LogP contribution in [0.1, 0.15) is 44.4 Å². The van der Waals surface area contributed by atoms with Gasteiger partial charge in [0.1, 0.15) is 5.75 Å². The summed E-state index contributed by atoms with van der Waals surface area (Å²) in [6, 6.07) is 3.57. The normalized spacial score (nSPS) is 19.1. The number of halogens is 1. The van der Waals surface area contributed by atoms with Crippen LogP contribution >= 0.6 is 11.6 Å². The van der Waals surface area contributed by atoms with E-state index in [-0.39, 0.29) is 16.9 Å². The minimum Gasteiger partial charge on any atom is -0.506 e. The lowest BCUT2D eigenvalue weighted by Crippen LogP contribution is -2.41. The maximum Gasteiger partial charge on any atom is 0.191 e. The number of rotatable bonds is 4. The molecule has 1 aromatic rings. The fourth-order valence-electron chi connectivity index (χ4n) is 2.45. The van der Waals surface area contributed by atoms with Crippen LogP contribution in [0.2, 0.25) is 23.2 Å². The predicted molar refractivity (Wildman–Crippen MR) is 93.3 cm³/mol. The van der Waals surface area contributed by atoms with Crippen molar-refractivity contribution in [3.05, 3.63) is 28.3 Å². The van der Waals surface area contributed by atoms with Crippen molar-refractivity contribution >= 4 is 19.9 Å². The van der Waals surface area contributed by atoms with E-state index in [1.54, 1.807) is 6.07 Å². The number of ether oxygens (including phenoxy) is 1. The van der Waals surface area contributed by atoms with Crippen LogP contribution in [0.5, 0.6) is 5.75 Å². The standard InChI is InChI=1S/C17H27ClO3Si/c1-17(2,3)22(4,5)21-11-9-15-12-6-7-14(19)16(18)13(12)8-10-20-15/h6-7,15,19H,8-11H2,1-5H3/t15-/m0/s1. The van der Waals surface area contributed by atoms with Gasteiger partial charge in [-0.15, -0.1) is 0 Å². The Morgan fingerprint density at radius 3 is 2.68 bits per heavy atom. The van der Waals surface area contributed by atoms with Gasteiger partial charge in [-0.05, 0) is 48.2 Å². The Labute approximate surface area is 139 Å². The molecule has 2 rings (SSSR count). The molecule has 5 heteroatoms. The maximum atomic E-state index is 9.74. The molecular formula is C17H27ClO3Si. The number of hydrogen-bond acceptors (Lipinski definition) is 3. The highest BCUT2D eigenvalue weighted by atomic mass is 35.5. The molecule has 0 unspecified atom stereocenters. The zero-order valence-corrected chi connectivity index (χ0v) is 16.0. The van der Waals surface area contributed by atoms with E-state index in [9.17, 15) is 5.11 Å². The third kappa shape index (κ3) is 3.67. The van der Waals surface area contributed by atoms with Crippen LogP contribution in [-0.4, -0.2) is 26.6 Å². The SMILES string of the molecule is CC(C)(C)[Si](C)(C)OCC[C@@H]1OCCc2c1ccc(O)c2Cl. The molecule has 0 saturated carbocycles. The van der Waals surface area contributed by atoms with Crippen LogP contribution in [0, 0.1) is 0 Å². The first-order valence-electron chi connectivity index (χ1n) is 7.89. The Morgan fingerprint density at radius 1 is 1.36 bits per heavy atom. The first-order chi connectivity index (χ1) is 10.1. The molecule has 0 aromatic heterocycles.